The van der Waals surface area contributed by atoms with Gasteiger partial charge in [0.05, 0.1) is 11.4 Å². The minimum absolute atomic E-state index is 0.287. The highest BCUT2D eigenvalue weighted by Crippen LogP contribution is 2.22. The summed E-state index contributed by atoms with van der Waals surface area (Å²) in [4.78, 5) is 13.0. The number of nitrogens with one attached hydrogen (secondary N) is 1. The molecule has 1 N–H and O–H groups in total. The molecule has 2 aromatic heterocycles. The molecule has 1 aromatic carbocycles. The quantitative estimate of drug-likeness (QED) is 0.786. The van der Waals surface area contributed by atoms with Gasteiger partial charge in [0.25, 0.3) is 5.91 Å². The summed E-state index contributed by atoms with van der Waals surface area (Å²) in [5, 5.41) is 9.21. The van der Waals surface area contributed by atoms with E-state index < -0.39 is 5.82 Å². The van der Waals surface area contributed by atoms with E-state index in [-0.39, 0.29) is 5.91 Å². The van der Waals surface area contributed by atoms with Crippen LogP contribution in [-0.2, 0) is 6.54 Å². The van der Waals surface area contributed by atoms with Gasteiger partial charge in [-0.25, -0.2) is 4.39 Å². The average Bonchev–Trinajstić information content (AvgIpc) is 3.18. The Labute approximate surface area is 131 Å². The van der Waals surface area contributed by atoms with Crippen LogP contribution in [0.25, 0.3) is 10.6 Å². The minimum atomic E-state index is -0.416. The molecule has 0 aliphatic carbocycles. The van der Waals surface area contributed by atoms with Crippen molar-refractivity contribution in [2.75, 3.05) is 6.54 Å². The van der Waals surface area contributed by atoms with Gasteiger partial charge in [0, 0.05) is 18.3 Å². The van der Waals surface area contributed by atoms with Crippen molar-refractivity contribution in [2.45, 2.75) is 6.54 Å². The van der Waals surface area contributed by atoms with E-state index in [4.69, 9.17) is 0 Å². The smallest absolute Gasteiger partial charge is 0.251 e. The molecule has 0 aliphatic heterocycles. The number of hydrogen-bond acceptors (Lipinski definition) is 3. The van der Waals surface area contributed by atoms with Crippen molar-refractivity contribution in [3.05, 3.63) is 65.4 Å². The first-order valence-corrected chi connectivity index (χ1v) is 7.71. The van der Waals surface area contributed by atoms with Crippen LogP contribution in [0.1, 0.15) is 10.4 Å². The third kappa shape index (κ3) is 3.40. The highest BCUT2D eigenvalue weighted by molar-refractivity contribution is 7.13. The van der Waals surface area contributed by atoms with E-state index in [2.05, 4.69) is 10.4 Å². The third-order valence-corrected chi connectivity index (χ3v) is 4.02. The average molecular weight is 315 g/mol. The van der Waals surface area contributed by atoms with Crippen molar-refractivity contribution < 1.29 is 9.18 Å². The zero-order valence-corrected chi connectivity index (χ0v) is 12.5. The number of benzene rings is 1. The number of hydrogen-bond donors (Lipinski definition) is 1. The summed E-state index contributed by atoms with van der Waals surface area (Å²) in [7, 11) is 0. The maximum Gasteiger partial charge on any atom is 0.251 e. The summed E-state index contributed by atoms with van der Waals surface area (Å²) in [5.41, 5.74) is 1.24. The molecular weight excluding hydrogens is 301 g/mol. The van der Waals surface area contributed by atoms with E-state index >= 15 is 0 Å². The summed E-state index contributed by atoms with van der Waals surface area (Å²) in [6.07, 6.45) is 1.88. The second-order valence-corrected chi connectivity index (χ2v) is 5.66. The molecule has 112 valence electrons. The zero-order chi connectivity index (χ0) is 15.4. The molecule has 22 heavy (non-hydrogen) atoms. The topological polar surface area (TPSA) is 46.9 Å². The Balaban J connectivity index is 1.54. The van der Waals surface area contributed by atoms with Crippen molar-refractivity contribution in [2.24, 2.45) is 0 Å². The van der Waals surface area contributed by atoms with Gasteiger partial charge in [0.15, 0.2) is 0 Å². The second-order valence-electron chi connectivity index (χ2n) is 4.71. The van der Waals surface area contributed by atoms with Crippen LogP contribution in [0.4, 0.5) is 4.39 Å². The van der Waals surface area contributed by atoms with Crippen LogP contribution in [0.2, 0.25) is 0 Å². The summed E-state index contributed by atoms with van der Waals surface area (Å²) in [6.45, 7) is 0.993. The minimum Gasteiger partial charge on any atom is -0.350 e. The molecule has 3 rings (SSSR count). The van der Waals surface area contributed by atoms with Gasteiger partial charge in [-0.05, 0) is 35.7 Å². The van der Waals surface area contributed by atoms with Gasteiger partial charge in [-0.3, -0.25) is 9.48 Å². The SMILES string of the molecule is O=C(NCCn1ccc(-c2cccs2)n1)c1cccc(F)c1. The molecule has 2 heterocycles. The van der Waals surface area contributed by atoms with Crippen molar-refractivity contribution in [3.8, 4) is 10.6 Å². The molecule has 0 bridgehead atoms. The van der Waals surface area contributed by atoms with Crippen molar-refractivity contribution in [1.82, 2.24) is 15.1 Å². The molecule has 6 heteroatoms. The van der Waals surface area contributed by atoms with Crippen molar-refractivity contribution in [1.29, 1.82) is 0 Å². The monoisotopic (exact) mass is 315 g/mol. The van der Waals surface area contributed by atoms with Crippen LogP contribution >= 0.6 is 11.3 Å². The molecule has 0 saturated heterocycles. The summed E-state index contributed by atoms with van der Waals surface area (Å²) < 4.78 is 14.8. The Hall–Kier alpha value is -2.47. The van der Waals surface area contributed by atoms with Gasteiger partial charge in [-0.2, -0.15) is 5.10 Å². The Kier molecular flexibility index (Phi) is 4.29. The molecule has 0 saturated carbocycles. The summed E-state index contributed by atoms with van der Waals surface area (Å²) in [6, 6.07) is 11.6. The van der Waals surface area contributed by atoms with Crippen LogP contribution in [0.15, 0.2) is 54.0 Å². The van der Waals surface area contributed by atoms with Gasteiger partial charge in [0.2, 0.25) is 0 Å². The summed E-state index contributed by atoms with van der Waals surface area (Å²) in [5.74, 6) is -0.703. The lowest BCUT2D eigenvalue weighted by Crippen LogP contribution is -2.27. The summed E-state index contributed by atoms with van der Waals surface area (Å²) >= 11 is 1.64. The highest BCUT2D eigenvalue weighted by Gasteiger charge is 2.06. The first kappa shape index (κ1) is 14.5. The van der Waals surface area contributed by atoms with Gasteiger partial charge in [0.1, 0.15) is 11.5 Å². The predicted molar refractivity (Wildman–Crippen MR) is 84.3 cm³/mol. The number of thiophene rings is 1. The molecule has 0 spiro atoms. The van der Waals surface area contributed by atoms with Crippen molar-refractivity contribution >= 4 is 17.2 Å². The van der Waals surface area contributed by atoms with E-state index in [0.29, 0.717) is 18.7 Å². The molecule has 0 fully saturated rings. The lowest BCUT2D eigenvalue weighted by atomic mass is 10.2. The highest BCUT2D eigenvalue weighted by atomic mass is 32.1. The molecule has 0 atom stereocenters. The molecule has 1 amide bonds. The first-order valence-electron chi connectivity index (χ1n) is 6.83. The maximum absolute atomic E-state index is 13.1. The number of rotatable bonds is 5. The lowest BCUT2D eigenvalue weighted by Gasteiger charge is -2.05. The Bertz CT molecular complexity index is 767. The number of aromatic nitrogens is 2. The second kappa shape index (κ2) is 6.53. The van der Waals surface area contributed by atoms with Crippen LogP contribution in [0.5, 0.6) is 0 Å². The maximum atomic E-state index is 13.1. The van der Waals surface area contributed by atoms with E-state index in [0.717, 1.165) is 10.6 Å². The number of amides is 1. The molecule has 4 nitrogen and oxygen atoms in total. The number of carbonyl (C=O) groups excluding carboxylic acids is 1. The molecular formula is C16H14FN3OS. The number of carbonyl (C=O) groups is 1. The van der Waals surface area contributed by atoms with Gasteiger partial charge in [-0.1, -0.05) is 12.1 Å². The van der Waals surface area contributed by atoms with Crippen LogP contribution in [-0.4, -0.2) is 22.2 Å². The standard InChI is InChI=1S/C16H14FN3OS/c17-13-4-1-3-12(11-13)16(21)18-7-9-20-8-6-14(19-20)15-5-2-10-22-15/h1-6,8,10-11H,7,9H2,(H,18,21). The Morgan fingerprint density at radius 1 is 1.27 bits per heavy atom. The molecule has 3 aromatic rings. The zero-order valence-electron chi connectivity index (χ0n) is 11.7. The van der Waals surface area contributed by atoms with Gasteiger partial charge >= 0.3 is 0 Å². The van der Waals surface area contributed by atoms with Gasteiger partial charge in [-0.15, -0.1) is 11.3 Å². The van der Waals surface area contributed by atoms with Gasteiger partial charge < -0.3 is 5.32 Å². The number of nitrogens with zero attached hydrogens (tertiary/aromatic N) is 2. The largest absolute Gasteiger partial charge is 0.350 e. The van der Waals surface area contributed by atoms with Crippen LogP contribution < -0.4 is 5.32 Å². The predicted octanol–water partition coefficient (Wildman–Crippen LogP) is 3.18. The van der Waals surface area contributed by atoms with Crippen LogP contribution in [0.3, 0.4) is 0 Å². The fourth-order valence-corrected chi connectivity index (χ4v) is 2.75. The lowest BCUT2D eigenvalue weighted by molar-refractivity contribution is 0.0951. The fourth-order valence-electron chi connectivity index (χ4n) is 2.06. The Morgan fingerprint density at radius 3 is 2.95 bits per heavy atom. The fraction of sp³-hybridized carbons (Fsp3) is 0.125. The van der Waals surface area contributed by atoms with E-state index in [9.17, 15) is 9.18 Å². The third-order valence-electron chi connectivity index (χ3n) is 3.13. The Morgan fingerprint density at radius 2 is 2.18 bits per heavy atom. The normalized spacial score (nSPS) is 10.6. The van der Waals surface area contributed by atoms with Crippen molar-refractivity contribution in [3.63, 3.8) is 0 Å². The van der Waals surface area contributed by atoms with E-state index in [1.807, 2.05) is 29.8 Å². The first-order chi connectivity index (χ1) is 10.7. The van der Waals surface area contributed by atoms with E-state index in [1.165, 1.54) is 18.2 Å². The molecule has 0 aliphatic rings. The molecule has 0 unspecified atom stereocenters. The van der Waals surface area contributed by atoms with E-state index in [1.54, 1.807) is 22.1 Å². The number of halogens is 1. The molecule has 0 radical (unpaired) electrons. The van der Waals surface area contributed by atoms with Crippen LogP contribution in [0, 0.1) is 5.82 Å².